The Morgan fingerprint density at radius 2 is 1.86 bits per heavy atom. The second kappa shape index (κ2) is 6.53. The van der Waals surface area contributed by atoms with E-state index in [0.29, 0.717) is 5.56 Å². The zero-order valence-corrected chi connectivity index (χ0v) is 11.0. The lowest BCUT2D eigenvalue weighted by atomic mass is 10.1. The van der Waals surface area contributed by atoms with Gasteiger partial charge < -0.3 is 15.3 Å². The molecule has 6 nitrogen and oxygen atoms in total. The molecule has 2 aromatic rings. The average Bonchev–Trinajstić information content (AvgIpc) is 2.50. The maximum absolute atomic E-state index is 11.7. The van der Waals surface area contributed by atoms with Crippen molar-refractivity contribution in [3.63, 3.8) is 0 Å². The summed E-state index contributed by atoms with van der Waals surface area (Å²) in [5, 5.41) is 32.2. The van der Waals surface area contributed by atoms with Crippen LogP contribution in [0.3, 0.4) is 0 Å². The molecule has 0 fully saturated rings. The van der Waals surface area contributed by atoms with Crippen LogP contribution in [0.15, 0.2) is 53.6 Å². The van der Waals surface area contributed by atoms with E-state index >= 15 is 0 Å². The molecule has 0 radical (unpaired) electrons. The smallest absolute Gasteiger partial charge is 0.273 e. The molecule has 0 saturated carbocycles. The number of aliphatic hydroxyl groups is 1. The van der Waals surface area contributed by atoms with Crippen molar-refractivity contribution in [3.05, 3.63) is 59.7 Å². The van der Waals surface area contributed by atoms with E-state index in [1.165, 1.54) is 24.4 Å². The molecule has 0 heterocycles. The largest absolute Gasteiger partial charge is 0.508 e. The second-order valence-corrected chi connectivity index (χ2v) is 4.29. The summed E-state index contributed by atoms with van der Waals surface area (Å²) in [7, 11) is 0. The van der Waals surface area contributed by atoms with Gasteiger partial charge in [0.2, 0.25) is 0 Å². The highest BCUT2D eigenvalue weighted by molar-refractivity contribution is 5.87. The Morgan fingerprint density at radius 3 is 2.57 bits per heavy atom. The third kappa shape index (κ3) is 3.80. The highest BCUT2D eigenvalue weighted by Crippen LogP contribution is 2.20. The van der Waals surface area contributed by atoms with Gasteiger partial charge in [0.05, 0.1) is 6.21 Å². The quantitative estimate of drug-likeness (QED) is 0.386. The number of phenolic OH excluding ortho intramolecular Hbond substituents is 2. The minimum Gasteiger partial charge on any atom is -0.508 e. The summed E-state index contributed by atoms with van der Waals surface area (Å²) < 4.78 is 0. The van der Waals surface area contributed by atoms with Gasteiger partial charge in [-0.15, -0.1) is 0 Å². The lowest BCUT2D eigenvalue weighted by molar-refractivity contribution is -0.129. The average molecular weight is 286 g/mol. The number of hydrazone groups is 1. The fourth-order valence-electron chi connectivity index (χ4n) is 1.66. The van der Waals surface area contributed by atoms with Crippen molar-refractivity contribution in [2.24, 2.45) is 5.10 Å². The van der Waals surface area contributed by atoms with Gasteiger partial charge in [-0.05, 0) is 23.8 Å². The van der Waals surface area contributed by atoms with Gasteiger partial charge in [-0.3, -0.25) is 4.79 Å². The van der Waals surface area contributed by atoms with E-state index in [0.717, 1.165) is 0 Å². The van der Waals surface area contributed by atoms with Crippen molar-refractivity contribution in [2.75, 3.05) is 0 Å². The number of rotatable bonds is 4. The molecule has 0 saturated heterocycles. The summed E-state index contributed by atoms with van der Waals surface area (Å²) in [6, 6.07) is 12.3. The van der Waals surface area contributed by atoms with Crippen LogP contribution in [0.1, 0.15) is 17.2 Å². The number of hydrogen-bond acceptors (Lipinski definition) is 5. The molecule has 0 aromatic heterocycles. The number of amides is 1. The van der Waals surface area contributed by atoms with Gasteiger partial charge >= 0.3 is 0 Å². The van der Waals surface area contributed by atoms with E-state index < -0.39 is 12.0 Å². The molecule has 21 heavy (non-hydrogen) atoms. The molecular weight excluding hydrogens is 272 g/mol. The zero-order valence-electron chi connectivity index (χ0n) is 11.0. The molecule has 1 atom stereocenters. The number of nitrogens with zero attached hydrogens (tertiary/aromatic N) is 1. The van der Waals surface area contributed by atoms with Crippen LogP contribution in [0.4, 0.5) is 0 Å². The lowest BCUT2D eigenvalue weighted by Gasteiger charge is -2.08. The summed E-state index contributed by atoms with van der Waals surface area (Å²) in [4.78, 5) is 11.7. The summed E-state index contributed by atoms with van der Waals surface area (Å²) in [5.41, 5.74) is 2.85. The molecule has 0 bridgehead atoms. The minimum absolute atomic E-state index is 0.0371. The van der Waals surface area contributed by atoms with Crippen LogP contribution in [-0.4, -0.2) is 27.4 Å². The molecule has 108 valence electrons. The zero-order chi connectivity index (χ0) is 15.2. The minimum atomic E-state index is -1.33. The van der Waals surface area contributed by atoms with Gasteiger partial charge in [0, 0.05) is 5.56 Å². The number of hydrogen-bond donors (Lipinski definition) is 4. The molecule has 4 N–H and O–H groups in total. The van der Waals surface area contributed by atoms with E-state index in [2.05, 4.69) is 10.5 Å². The van der Waals surface area contributed by atoms with Crippen LogP contribution in [0.2, 0.25) is 0 Å². The Labute approximate surface area is 121 Å². The van der Waals surface area contributed by atoms with Crippen LogP contribution >= 0.6 is 0 Å². The molecular formula is C15H14N2O4. The molecule has 1 amide bonds. The third-order valence-electron chi connectivity index (χ3n) is 2.75. The molecule has 2 aromatic carbocycles. The second-order valence-electron chi connectivity index (χ2n) is 4.29. The molecule has 6 heteroatoms. The van der Waals surface area contributed by atoms with E-state index in [4.69, 9.17) is 0 Å². The fraction of sp³-hybridized carbons (Fsp3) is 0.0667. The summed E-state index contributed by atoms with van der Waals surface area (Å²) in [6.07, 6.45) is -0.161. The van der Waals surface area contributed by atoms with Gasteiger partial charge in [0.1, 0.15) is 11.5 Å². The fourth-order valence-corrected chi connectivity index (χ4v) is 1.66. The first-order valence-corrected chi connectivity index (χ1v) is 6.16. The Kier molecular flexibility index (Phi) is 4.53. The van der Waals surface area contributed by atoms with Crippen molar-refractivity contribution in [1.29, 1.82) is 0 Å². The third-order valence-corrected chi connectivity index (χ3v) is 2.75. The number of phenols is 2. The van der Waals surface area contributed by atoms with Crippen LogP contribution in [0.25, 0.3) is 0 Å². The predicted molar refractivity (Wildman–Crippen MR) is 76.9 cm³/mol. The Hall–Kier alpha value is -2.86. The van der Waals surface area contributed by atoms with Crippen LogP contribution < -0.4 is 5.43 Å². The van der Waals surface area contributed by atoms with Crippen LogP contribution in [0, 0.1) is 0 Å². The van der Waals surface area contributed by atoms with Crippen LogP contribution in [0.5, 0.6) is 11.5 Å². The van der Waals surface area contributed by atoms with Gasteiger partial charge in [-0.2, -0.15) is 5.10 Å². The van der Waals surface area contributed by atoms with Crippen LogP contribution in [-0.2, 0) is 4.79 Å². The Morgan fingerprint density at radius 1 is 1.14 bits per heavy atom. The molecule has 1 unspecified atom stereocenters. The predicted octanol–water partition coefficient (Wildman–Crippen LogP) is 1.28. The number of carbonyl (C=O) groups excluding carboxylic acids is 1. The molecule has 0 aliphatic carbocycles. The first kappa shape index (κ1) is 14.5. The van der Waals surface area contributed by atoms with E-state index in [9.17, 15) is 20.1 Å². The Balaban J connectivity index is 2.01. The van der Waals surface area contributed by atoms with E-state index in [1.54, 1.807) is 30.3 Å². The molecule has 0 spiro atoms. The van der Waals surface area contributed by atoms with Crippen molar-refractivity contribution in [3.8, 4) is 11.5 Å². The van der Waals surface area contributed by atoms with Crippen molar-refractivity contribution < 1.29 is 20.1 Å². The van der Waals surface area contributed by atoms with Gasteiger partial charge in [0.25, 0.3) is 5.91 Å². The summed E-state index contributed by atoms with van der Waals surface area (Å²) >= 11 is 0. The lowest BCUT2D eigenvalue weighted by Crippen LogP contribution is -2.25. The molecule has 0 aliphatic heterocycles. The normalized spacial score (nSPS) is 12.2. The topological polar surface area (TPSA) is 102 Å². The monoisotopic (exact) mass is 286 g/mol. The number of aliphatic hydroxyl groups excluding tert-OH is 1. The number of aromatic hydroxyl groups is 2. The highest BCUT2D eigenvalue weighted by Gasteiger charge is 2.15. The SMILES string of the molecule is O=C(N/N=C/c1cc(O)ccc1O)C(O)c1ccccc1. The van der Waals surface area contributed by atoms with Gasteiger partial charge in [-0.1, -0.05) is 30.3 Å². The van der Waals surface area contributed by atoms with Crippen molar-refractivity contribution in [1.82, 2.24) is 5.43 Å². The number of nitrogens with one attached hydrogen (secondary N) is 1. The Bertz CT molecular complexity index is 656. The number of benzene rings is 2. The van der Waals surface area contributed by atoms with E-state index in [-0.39, 0.29) is 17.1 Å². The summed E-state index contributed by atoms with van der Waals surface area (Å²) in [6.45, 7) is 0. The summed E-state index contributed by atoms with van der Waals surface area (Å²) in [5.74, 6) is -0.823. The highest BCUT2D eigenvalue weighted by atomic mass is 16.3. The first-order valence-electron chi connectivity index (χ1n) is 6.16. The van der Waals surface area contributed by atoms with Gasteiger partial charge in [-0.25, -0.2) is 5.43 Å². The molecule has 0 aliphatic rings. The number of carbonyl (C=O) groups is 1. The molecule has 2 rings (SSSR count). The van der Waals surface area contributed by atoms with Gasteiger partial charge in [0.15, 0.2) is 6.10 Å². The maximum atomic E-state index is 11.7. The standard InChI is InChI=1S/C15H14N2O4/c18-12-6-7-13(19)11(8-12)9-16-17-15(21)14(20)10-4-2-1-3-5-10/h1-9,14,18-20H,(H,17,21)/b16-9+. The van der Waals surface area contributed by atoms with Crippen molar-refractivity contribution >= 4 is 12.1 Å². The first-order chi connectivity index (χ1) is 10.1. The maximum Gasteiger partial charge on any atom is 0.273 e. The van der Waals surface area contributed by atoms with Crippen molar-refractivity contribution in [2.45, 2.75) is 6.10 Å². The van der Waals surface area contributed by atoms with E-state index in [1.807, 2.05) is 0 Å².